The third kappa shape index (κ3) is 1.62. The van der Waals surface area contributed by atoms with Crippen molar-refractivity contribution in [1.29, 1.82) is 0 Å². The highest BCUT2D eigenvalue weighted by Gasteiger charge is 2.57. The van der Waals surface area contributed by atoms with E-state index in [1.165, 1.54) is 19.3 Å². The van der Waals surface area contributed by atoms with Crippen molar-refractivity contribution in [2.75, 3.05) is 14.1 Å². The normalized spacial score (nSPS) is 52.0. The van der Waals surface area contributed by atoms with Gasteiger partial charge in [-0.05, 0) is 64.5 Å². The zero-order valence-electron chi connectivity index (χ0n) is 9.70. The fourth-order valence-corrected chi connectivity index (χ4v) is 4.69. The van der Waals surface area contributed by atoms with Crippen molar-refractivity contribution in [3.63, 3.8) is 0 Å². The van der Waals surface area contributed by atoms with Crippen LogP contribution in [0.3, 0.4) is 0 Å². The van der Waals surface area contributed by atoms with Gasteiger partial charge in [-0.25, -0.2) is 0 Å². The Hall–Kier alpha value is 0.210. The minimum Gasteiger partial charge on any atom is -0.390 e. The predicted molar refractivity (Wildman–Crippen MR) is 63.3 cm³/mol. The molecule has 0 radical (unpaired) electrons. The fraction of sp³-hybridized carbons (Fsp3) is 1.00. The molecule has 4 aliphatic carbocycles. The van der Waals surface area contributed by atoms with Crippen LogP contribution in [0.1, 0.15) is 38.5 Å². The van der Waals surface area contributed by atoms with Crippen LogP contribution in [0.5, 0.6) is 0 Å². The molecule has 4 fully saturated rings. The summed E-state index contributed by atoms with van der Waals surface area (Å²) in [7, 11) is 4.38. The average Bonchev–Trinajstić information content (AvgIpc) is 1.98. The molecule has 4 aliphatic rings. The Kier molecular flexibility index (Phi) is 2.61. The van der Waals surface area contributed by atoms with E-state index in [0.717, 1.165) is 31.1 Å². The summed E-state index contributed by atoms with van der Waals surface area (Å²) in [5.74, 6) is 1.62. The van der Waals surface area contributed by atoms with Gasteiger partial charge in [0.2, 0.25) is 0 Å². The maximum atomic E-state index is 10.5. The largest absolute Gasteiger partial charge is 0.390 e. The molecule has 2 unspecified atom stereocenters. The van der Waals surface area contributed by atoms with Gasteiger partial charge in [-0.2, -0.15) is 0 Å². The second kappa shape index (κ2) is 3.35. The quantitative estimate of drug-likeness (QED) is 0.747. The molecular weight excluding hydrogens is 210 g/mol. The molecule has 0 amide bonds. The van der Waals surface area contributed by atoms with Crippen molar-refractivity contribution < 1.29 is 5.11 Å². The van der Waals surface area contributed by atoms with Gasteiger partial charge >= 0.3 is 0 Å². The van der Waals surface area contributed by atoms with E-state index >= 15 is 0 Å². The molecule has 4 atom stereocenters. The molecule has 15 heavy (non-hydrogen) atoms. The highest BCUT2D eigenvalue weighted by Crippen LogP contribution is 2.58. The highest BCUT2D eigenvalue weighted by atomic mass is 35.5. The van der Waals surface area contributed by atoms with Crippen molar-refractivity contribution in [3.05, 3.63) is 0 Å². The number of hydrogen-bond acceptors (Lipinski definition) is 2. The van der Waals surface area contributed by atoms with Gasteiger partial charge in [0.15, 0.2) is 0 Å². The van der Waals surface area contributed by atoms with Crippen molar-refractivity contribution >= 4 is 12.4 Å². The van der Waals surface area contributed by atoms with Gasteiger partial charge in [0.05, 0.1) is 5.60 Å². The summed E-state index contributed by atoms with van der Waals surface area (Å²) in [5.41, 5.74) is 0.0488. The van der Waals surface area contributed by atoms with Crippen molar-refractivity contribution in [3.8, 4) is 0 Å². The molecule has 0 spiro atoms. The third-order valence-corrected chi connectivity index (χ3v) is 4.95. The topological polar surface area (TPSA) is 23.5 Å². The maximum absolute atomic E-state index is 10.5. The molecule has 2 nitrogen and oxygen atoms in total. The Bertz CT molecular complexity index is 252. The van der Waals surface area contributed by atoms with Crippen LogP contribution in [0.4, 0.5) is 0 Å². The Morgan fingerprint density at radius 1 is 1.07 bits per heavy atom. The molecule has 3 heteroatoms. The second-order valence-electron chi connectivity index (χ2n) is 6.30. The Balaban J connectivity index is 0.000000853. The highest BCUT2D eigenvalue weighted by molar-refractivity contribution is 5.85. The first kappa shape index (κ1) is 11.7. The van der Waals surface area contributed by atoms with Gasteiger partial charge in [0.25, 0.3) is 0 Å². The van der Waals surface area contributed by atoms with E-state index < -0.39 is 0 Å². The zero-order valence-corrected chi connectivity index (χ0v) is 10.5. The third-order valence-electron chi connectivity index (χ3n) is 4.95. The van der Waals surface area contributed by atoms with Crippen LogP contribution in [0.25, 0.3) is 0 Å². The summed E-state index contributed by atoms with van der Waals surface area (Å²) < 4.78 is 0. The molecule has 0 heterocycles. The van der Waals surface area contributed by atoms with Crippen LogP contribution in [-0.2, 0) is 0 Å². The molecule has 0 aromatic carbocycles. The molecule has 88 valence electrons. The molecule has 4 saturated carbocycles. The molecule has 0 aromatic heterocycles. The van der Waals surface area contributed by atoms with E-state index in [4.69, 9.17) is 0 Å². The minimum absolute atomic E-state index is 0. The minimum atomic E-state index is -0.297. The van der Waals surface area contributed by atoms with E-state index in [-0.39, 0.29) is 18.0 Å². The van der Waals surface area contributed by atoms with Crippen molar-refractivity contribution in [2.45, 2.75) is 49.7 Å². The lowest BCUT2D eigenvalue weighted by molar-refractivity contribution is -0.167. The van der Waals surface area contributed by atoms with Crippen LogP contribution in [0, 0.1) is 11.8 Å². The first-order valence-electron chi connectivity index (χ1n) is 5.91. The molecule has 0 saturated heterocycles. The van der Waals surface area contributed by atoms with Crippen molar-refractivity contribution in [1.82, 2.24) is 4.90 Å². The molecule has 4 rings (SSSR count). The van der Waals surface area contributed by atoms with Crippen LogP contribution >= 0.6 is 12.4 Å². The van der Waals surface area contributed by atoms with E-state index in [0.29, 0.717) is 5.54 Å². The van der Waals surface area contributed by atoms with Gasteiger partial charge < -0.3 is 10.0 Å². The summed E-state index contributed by atoms with van der Waals surface area (Å²) in [5, 5.41) is 10.5. The van der Waals surface area contributed by atoms with E-state index in [2.05, 4.69) is 19.0 Å². The molecule has 1 N–H and O–H groups in total. The SMILES string of the molecule is CN(C)C12C[C@@H]3C[C@@H](CC(O)(C3)C1)C2.Cl. The lowest BCUT2D eigenvalue weighted by Gasteiger charge is -2.62. The van der Waals surface area contributed by atoms with Crippen LogP contribution in [0.2, 0.25) is 0 Å². The number of halogens is 1. The summed E-state index contributed by atoms with van der Waals surface area (Å²) in [6, 6.07) is 0. The Labute approximate surface area is 98.4 Å². The number of rotatable bonds is 1. The van der Waals surface area contributed by atoms with Gasteiger partial charge in [0.1, 0.15) is 0 Å². The summed E-state index contributed by atoms with van der Waals surface area (Å²) in [6.07, 6.45) is 7.24. The summed E-state index contributed by atoms with van der Waals surface area (Å²) in [6.45, 7) is 0. The smallest absolute Gasteiger partial charge is 0.0670 e. The van der Waals surface area contributed by atoms with Crippen LogP contribution in [0.15, 0.2) is 0 Å². The maximum Gasteiger partial charge on any atom is 0.0670 e. The Morgan fingerprint density at radius 2 is 1.60 bits per heavy atom. The van der Waals surface area contributed by atoms with Gasteiger partial charge in [-0.1, -0.05) is 0 Å². The standard InChI is InChI=1S/C12H21NO.ClH/c1-13(2)11-4-9-3-10(5-11)7-12(14,6-9)8-11;/h9-10,14H,3-8H2,1-2H3;1H/t9-,10+,11?,12?;. The van der Waals surface area contributed by atoms with E-state index in [9.17, 15) is 5.11 Å². The summed E-state index contributed by atoms with van der Waals surface area (Å²) >= 11 is 0. The second-order valence-corrected chi connectivity index (χ2v) is 6.30. The first-order valence-corrected chi connectivity index (χ1v) is 5.91. The molecule has 0 aromatic rings. The van der Waals surface area contributed by atoms with Crippen LogP contribution in [-0.4, -0.2) is 35.2 Å². The lowest BCUT2D eigenvalue weighted by Crippen LogP contribution is -2.63. The van der Waals surface area contributed by atoms with Gasteiger partial charge in [0, 0.05) is 5.54 Å². The fourth-order valence-electron chi connectivity index (χ4n) is 4.69. The van der Waals surface area contributed by atoms with E-state index in [1.807, 2.05) is 0 Å². The van der Waals surface area contributed by atoms with Crippen LogP contribution < -0.4 is 0 Å². The van der Waals surface area contributed by atoms with Crippen molar-refractivity contribution in [2.24, 2.45) is 11.8 Å². The zero-order chi connectivity index (χ0) is 9.97. The Morgan fingerprint density at radius 3 is 2.00 bits per heavy atom. The molecular formula is C12H22ClNO. The first-order chi connectivity index (χ1) is 6.51. The predicted octanol–water partition coefficient (Wildman–Crippen LogP) is 2.05. The number of hydrogen-bond donors (Lipinski definition) is 1. The summed E-state index contributed by atoms with van der Waals surface area (Å²) in [4.78, 5) is 2.38. The lowest BCUT2D eigenvalue weighted by atomic mass is 9.51. The molecule has 0 aliphatic heterocycles. The number of aliphatic hydroxyl groups is 1. The molecule has 4 bridgehead atoms. The van der Waals surface area contributed by atoms with Gasteiger partial charge in [-0.3, -0.25) is 0 Å². The van der Waals surface area contributed by atoms with Gasteiger partial charge in [-0.15, -0.1) is 12.4 Å². The monoisotopic (exact) mass is 231 g/mol. The number of nitrogens with zero attached hydrogens (tertiary/aromatic N) is 1. The average molecular weight is 232 g/mol. The van der Waals surface area contributed by atoms with E-state index in [1.54, 1.807) is 0 Å².